The Labute approximate surface area is 141 Å². The summed E-state index contributed by atoms with van der Waals surface area (Å²) < 4.78 is 10.1. The fraction of sp³-hybridized carbons (Fsp3) is 0.812. The topological polar surface area (TPSA) is 89.9 Å². The molecule has 0 aliphatic rings. The number of ether oxygens (including phenoxy) is 2. The maximum atomic E-state index is 11.9. The van der Waals surface area contributed by atoms with E-state index in [4.69, 9.17) is 14.6 Å². The third kappa shape index (κ3) is 13.2. The molecular weight excluding hydrogens is 320 g/mol. The van der Waals surface area contributed by atoms with Gasteiger partial charge < -0.3 is 14.6 Å². The highest BCUT2D eigenvalue weighted by Gasteiger charge is 2.23. The van der Waals surface area contributed by atoms with E-state index in [9.17, 15) is 14.4 Å². The predicted molar refractivity (Wildman–Crippen MR) is 91.0 cm³/mol. The number of rotatable bonds is 15. The maximum absolute atomic E-state index is 11.9. The smallest absolute Gasteiger partial charge is 0.353 e. The van der Waals surface area contributed by atoms with Gasteiger partial charge in [0.2, 0.25) is 5.75 Å². The van der Waals surface area contributed by atoms with Crippen LogP contribution in [0.4, 0.5) is 0 Å². The first-order valence-corrected chi connectivity index (χ1v) is 9.73. The Morgan fingerprint density at radius 3 is 2.43 bits per heavy atom. The second kappa shape index (κ2) is 13.5. The van der Waals surface area contributed by atoms with Crippen molar-refractivity contribution >= 4 is 28.4 Å². The first-order valence-electron chi connectivity index (χ1n) is 7.76. The van der Waals surface area contributed by atoms with Crippen molar-refractivity contribution in [2.75, 3.05) is 44.7 Å². The predicted octanol–water partition coefficient (Wildman–Crippen LogP) is 1.32. The molecule has 0 saturated heterocycles. The van der Waals surface area contributed by atoms with Crippen LogP contribution in [0.3, 0.4) is 0 Å². The van der Waals surface area contributed by atoms with E-state index in [1.54, 1.807) is 7.11 Å². The van der Waals surface area contributed by atoms with E-state index >= 15 is 0 Å². The van der Waals surface area contributed by atoms with Gasteiger partial charge in [-0.25, -0.2) is 4.79 Å². The molecule has 0 aromatic carbocycles. The first kappa shape index (κ1) is 22.1. The lowest BCUT2D eigenvalue weighted by molar-refractivity contribution is -0.134. The molecular formula is C16H29O6S+. The van der Waals surface area contributed by atoms with Gasteiger partial charge in [0, 0.05) is 38.9 Å². The van der Waals surface area contributed by atoms with E-state index in [2.05, 4.69) is 0 Å². The van der Waals surface area contributed by atoms with Crippen molar-refractivity contribution in [3.63, 3.8) is 0 Å². The number of carboxylic acid groups (broad SMARTS) is 1. The molecule has 0 fully saturated rings. The average Bonchev–Trinajstić information content (AvgIpc) is 2.46. The number of carboxylic acids is 1. The Bertz CT molecular complexity index is 372. The fourth-order valence-corrected chi connectivity index (χ4v) is 3.32. The molecule has 0 saturated carbocycles. The van der Waals surface area contributed by atoms with Gasteiger partial charge in [0.05, 0.1) is 19.5 Å². The minimum Gasteiger partial charge on any atom is -0.478 e. The summed E-state index contributed by atoms with van der Waals surface area (Å²) in [5, 5.41) is 8.74. The van der Waals surface area contributed by atoms with Crippen LogP contribution < -0.4 is 0 Å². The largest absolute Gasteiger partial charge is 0.478 e. The first-order chi connectivity index (χ1) is 10.9. The van der Waals surface area contributed by atoms with Gasteiger partial charge in [0.15, 0.2) is 0 Å². The zero-order valence-electron chi connectivity index (χ0n) is 14.3. The number of carbonyl (C=O) groups is 3. The second-order valence-electron chi connectivity index (χ2n) is 5.57. The Balaban J connectivity index is 3.99. The van der Waals surface area contributed by atoms with Gasteiger partial charge in [0.1, 0.15) is 17.3 Å². The maximum Gasteiger partial charge on any atom is 0.353 e. The van der Waals surface area contributed by atoms with Crippen LogP contribution in [-0.4, -0.2) is 67.3 Å². The van der Waals surface area contributed by atoms with Gasteiger partial charge in [-0.15, -0.1) is 0 Å². The SMILES string of the molecule is COCCOCCCC(=O)C[C@@H](CC[S+](C)CC(=O)O)C(C)=O. The van der Waals surface area contributed by atoms with Crippen LogP contribution in [0.25, 0.3) is 0 Å². The Hall–Kier alpha value is -0.920. The molecule has 0 aromatic rings. The summed E-state index contributed by atoms with van der Waals surface area (Å²) in [7, 11) is 1.35. The molecule has 0 amide bonds. The number of hydrogen-bond donors (Lipinski definition) is 1. The summed E-state index contributed by atoms with van der Waals surface area (Å²) in [6.45, 7) is 3.06. The van der Waals surface area contributed by atoms with Crippen LogP contribution in [0.1, 0.15) is 32.6 Å². The molecule has 0 spiro atoms. The number of Topliss-reactive ketones (excluding diaryl/α,β-unsaturated/α-hetero) is 2. The van der Waals surface area contributed by atoms with Crippen LogP contribution in [0.2, 0.25) is 0 Å². The summed E-state index contributed by atoms with van der Waals surface area (Å²) in [6, 6.07) is 0. The highest BCUT2D eigenvalue weighted by Crippen LogP contribution is 2.14. The molecule has 1 N–H and O–H groups in total. The van der Waals surface area contributed by atoms with Crippen molar-refractivity contribution in [3.05, 3.63) is 0 Å². The van der Waals surface area contributed by atoms with Gasteiger partial charge in [-0.2, -0.15) is 0 Å². The van der Waals surface area contributed by atoms with Crippen LogP contribution >= 0.6 is 0 Å². The molecule has 0 rings (SSSR count). The molecule has 134 valence electrons. The third-order valence-electron chi connectivity index (χ3n) is 3.41. The molecule has 0 heterocycles. The zero-order valence-corrected chi connectivity index (χ0v) is 15.2. The molecule has 0 aliphatic carbocycles. The van der Waals surface area contributed by atoms with Gasteiger partial charge >= 0.3 is 5.97 Å². The molecule has 6 nitrogen and oxygen atoms in total. The van der Waals surface area contributed by atoms with Crippen LogP contribution in [-0.2, 0) is 34.8 Å². The number of hydrogen-bond acceptors (Lipinski definition) is 5. The lowest BCUT2D eigenvalue weighted by Gasteiger charge is -2.12. The molecule has 1 unspecified atom stereocenters. The lowest BCUT2D eigenvalue weighted by Crippen LogP contribution is -2.23. The Morgan fingerprint density at radius 1 is 1.17 bits per heavy atom. The van der Waals surface area contributed by atoms with Gasteiger partial charge in [-0.05, 0) is 24.2 Å². The van der Waals surface area contributed by atoms with Crippen LogP contribution in [0, 0.1) is 5.92 Å². The standard InChI is InChI=1S/C16H28O6S/c1-13(17)14(6-10-23(3)12-16(19)20)11-15(18)5-4-7-22-9-8-21-2/h14H,4-12H2,1-3H3/p+1/t14-,23?/m1/s1. The summed E-state index contributed by atoms with van der Waals surface area (Å²) in [5.74, 6) is -0.251. The summed E-state index contributed by atoms with van der Waals surface area (Å²) in [5.41, 5.74) is 0. The van der Waals surface area contributed by atoms with Crippen LogP contribution in [0.15, 0.2) is 0 Å². The molecule has 0 radical (unpaired) electrons. The van der Waals surface area contributed by atoms with Crippen molar-refractivity contribution in [1.29, 1.82) is 0 Å². The highest BCUT2D eigenvalue weighted by molar-refractivity contribution is 7.96. The summed E-state index contributed by atoms with van der Waals surface area (Å²) in [4.78, 5) is 34.2. The monoisotopic (exact) mass is 349 g/mol. The number of methoxy groups -OCH3 is 1. The quantitative estimate of drug-likeness (QED) is 0.354. The van der Waals surface area contributed by atoms with Gasteiger partial charge in [-0.3, -0.25) is 9.59 Å². The van der Waals surface area contributed by atoms with Crippen molar-refractivity contribution < 1.29 is 29.0 Å². The van der Waals surface area contributed by atoms with Gasteiger partial charge in [-0.1, -0.05) is 0 Å². The summed E-state index contributed by atoms with van der Waals surface area (Å²) in [6.07, 6.45) is 3.76. The average molecular weight is 349 g/mol. The van der Waals surface area contributed by atoms with E-state index in [1.807, 2.05) is 6.26 Å². The van der Waals surface area contributed by atoms with Crippen molar-refractivity contribution in [1.82, 2.24) is 0 Å². The van der Waals surface area contributed by atoms with E-state index in [1.165, 1.54) is 6.92 Å². The normalized spacial score (nSPS) is 13.5. The molecule has 23 heavy (non-hydrogen) atoms. The van der Waals surface area contributed by atoms with Crippen molar-refractivity contribution in [2.45, 2.75) is 32.6 Å². The molecule has 7 heteroatoms. The molecule has 0 aromatic heterocycles. The second-order valence-corrected chi connectivity index (χ2v) is 7.83. The fourth-order valence-electron chi connectivity index (χ4n) is 2.07. The van der Waals surface area contributed by atoms with E-state index in [-0.39, 0.29) is 40.6 Å². The van der Waals surface area contributed by atoms with E-state index in [0.717, 1.165) is 0 Å². The van der Waals surface area contributed by atoms with Gasteiger partial charge in [0.25, 0.3) is 0 Å². The van der Waals surface area contributed by atoms with Crippen molar-refractivity contribution in [3.8, 4) is 0 Å². The minimum absolute atomic E-state index is 0.00187. The lowest BCUT2D eigenvalue weighted by atomic mass is 9.94. The number of ketones is 2. The van der Waals surface area contributed by atoms with Crippen molar-refractivity contribution in [2.24, 2.45) is 5.92 Å². The summed E-state index contributed by atoms with van der Waals surface area (Å²) >= 11 is 0. The molecule has 2 atom stereocenters. The molecule has 0 bridgehead atoms. The Morgan fingerprint density at radius 2 is 1.87 bits per heavy atom. The molecule has 0 aliphatic heterocycles. The van der Waals surface area contributed by atoms with Crippen LogP contribution in [0.5, 0.6) is 0 Å². The van der Waals surface area contributed by atoms with E-state index < -0.39 is 5.97 Å². The Kier molecular flexibility index (Phi) is 13.0. The highest BCUT2D eigenvalue weighted by atomic mass is 32.2. The number of carbonyl (C=O) groups excluding carboxylic acids is 2. The third-order valence-corrected chi connectivity index (χ3v) is 5.08. The minimum atomic E-state index is -0.820. The zero-order chi connectivity index (χ0) is 17.7. The van der Waals surface area contributed by atoms with E-state index in [0.29, 0.717) is 44.8 Å². The number of aliphatic carboxylic acids is 1.